The quantitative estimate of drug-likeness (QED) is 0.410. The summed E-state index contributed by atoms with van der Waals surface area (Å²) in [4.78, 5) is 12.0. The average molecular weight is 453 g/mol. The van der Waals surface area contributed by atoms with E-state index >= 15 is 0 Å². The monoisotopic (exact) mass is 451 g/mol. The summed E-state index contributed by atoms with van der Waals surface area (Å²) >= 11 is 9.71. The van der Waals surface area contributed by atoms with Crippen LogP contribution in [0.1, 0.15) is 36.1 Å². The van der Waals surface area contributed by atoms with Gasteiger partial charge in [-0.05, 0) is 59.1 Å². The Balaban J connectivity index is 1.81. The fourth-order valence-corrected chi connectivity index (χ4v) is 3.51. The van der Waals surface area contributed by atoms with Gasteiger partial charge < -0.3 is 9.74 Å². The maximum atomic E-state index is 13.8. The summed E-state index contributed by atoms with van der Waals surface area (Å²) < 4.78 is 14.2. The molecule has 0 bridgehead atoms. The minimum atomic E-state index is -0.322. The lowest BCUT2D eigenvalue weighted by atomic mass is 9.97. The minimum Gasteiger partial charge on any atom is -0.387 e. The van der Waals surface area contributed by atoms with Gasteiger partial charge in [-0.2, -0.15) is 0 Å². The standard InChI is InChI=1S/C20H20BrClFN3O/c1-4-26(3)11-24-18-8-12(2)14(9-15(18)22)19-10-17(25-27-19)13-6-5-7-16(23)20(13)21/h5-9,11,19H,4,10H2,1-3H3/b24-11-. The van der Waals surface area contributed by atoms with E-state index in [1.54, 1.807) is 12.4 Å². The number of hydrogen-bond donors (Lipinski definition) is 0. The number of hydrogen-bond acceptors (Lipinski definition) is 3. The number of oxime groups is 1. The van der Waals surface area contributed by atoms with Crippen molar-refractivity contribution in [2.24, 2.45) is 10.1 Å². The third kappa shape index (κ3) is 4.33. The van der Waals surface area contributed by atoms with E-state index in [1.165, 1.54) is 6.07 Å². The molecule has 142 valence electrons. The van der Waals surface area contributed by atoms with Gasteiger partial charge in [-0.3, -0.25) is 0 Å². The third-order valence-corrected chi connectivity index (χ3v) is 5.62. The topological polar surface area (TPSA) is 37.2 Å². The second-order valence-corrected chi connectivity index (χ2v) is 7.62. The highest BCUT2D eigenvalue weighted by molar-refractivity contribution is 9.10. The van der Waals surface area contributed by atoms with Crippen molar-refractivity contribution in [3.63, 3.8) is 0 Å². The highest BCUT2D eigenvalue weighted by Crippen LogP contribution is 2.37. The van der Waals surface area contributed by atoms with Crippen LogP contribution in [-0.4, -0.2) is 30.5 Å². The van der Waals surface area contributed by atoms with Crippen LogP contribution in [-0.2, 0) is 4.84 Å². The van der Waals surface area contributed by atoms with Gasteiger partial charge in [0.1, 0.15) is 5.82 Å². The lowest BCUT2D eigenvalue weighted by molar-refractivity contribution is 0.0853. The van der Waals surface area contributed by atoms with Gasteiger partial charge in [0.15, 0.2) is 6.10 Å². The van der Waals surface area contributed by atoms with Gasteiger partial charge in [-0.25, -0.2) is 9.38 Å². The van der Waals surface area contributed by atoms with E-state index in [9.17, 15) is 4.39 Å². The molecule has 0 amide bonds. The van der Waals surface area contributed by atoms with Crippen molar-refractivity contribution in [1.82, 2.24) is 4.90 Å². The van der Waals surface area contributed by atoms with Crippen molar-refractivity contribution >= 4 is 45.3 Å². The molecule has 4 nitrogen and oxygen atoms in total. The first-order valence-corrected chi connectivity index (χ1v) is 9.79. The van der Waals surface area contributed by atoms with E-state index in [-0.39, 0.29) is 11.9 Å². The van der Waals surface area contributed by atoms with Crippen LogP contribution < -0.4 is 0 Å². The van der Waals surface area contributed by atoms with Crippen LogP contribution >= 0.6 is 27.5 Å². The highest BCUT2D eigenvalue weighted by Gasteiger charge is 2.27. The predicted molar refractivity (Wildman–Crippen MR) is 112 cm³/mol. The zero-order valence-electron chi connectivity index (χ0n) is 15.3. The Bertz CT molecular complexity index is 916. The Morgan fingerprint density at radius 1 is 1.44 bits per heavy atom. The fraction of sp³-hybridized carbons (Fsp3) is 0.300. The van der Waals surface area contributed by atoms with Crippen LogP contribution in [0.15, 0.2) is 45.0 Å². The Labute approximate surface area is 171 Å². The molecule has 1 aliphatic rings. The number of aliphatic imine (C=N–C) groups is 1. The van der Waals surface area contributed by atoms with Gasteiger partial charge in [0.25, 0.3) is 0 Å². The summed E-state index contributed by atoms with van der Waals surface area (Å²) in [6, 6.07) is 8.70. The molecule has 3 rings (SSSR count). The molecule has 1 unspecified atom stereocenters. The summed E-state index contributed by atoms with van der Waals surface area (Å²) in [6.45, 7) is 4.91. The molecular weight excluding hydrogens is 433 g/mol. The van der Waals surface area contributed by atoms with Gasteiger partial charge in [-0.1, -0.05) is 28.9 Å². The third-order valence-electron chi connectivity index (χ3n) is 4.51. The molecule has 2 aromatic carbocycles. The van der Waals surface area contributed by atoms with Crippen molar-refractivity contribution in [2.45, 2.75) is 26.4 Å². The number of nitrogens with zero attached hydrogens (tertiary/aromatic N) is 3. The van der Waals surface area contributed by atoms with Crippen molar-refractivity contribution in [1.29, 1.82) is 0 Å². The summed E-state index contributed by atoms with van der Waals surface area (Å²) in [5, 5.41) is 4.73. The number of halogens is 3. The minimum absolute atomic E-state index is 0.260. The number of rotatable bonds is 5. The Morgan fingerprint density at radius 3 is 2.96 bits per heavy atom. The van der Waals surface area contributed by atoms with Crippen molar-refractivity contribution in [3.05, 3.63) is 62.3 Å². The van der Waals surface area contributed by atoms with Gasteiger partial charge >= 0.3 is 0 Å². The first-order valence-electron chi connectivity index (χ1n) is 8.62. The van der Waals surface area contributed by atoms with Crippen molar-refractivity contribution < 1.29 is 9.23 Å². The van der Waals surface area contributed by atoms with E-state index < -0.39 is 0 Å². The summed E-state index contributed by atoms with van der Waals surface area (Å²) in [5.74, 6) is -0.322. The molecule has 7 heteroatoms. The average Bonchev–Trinajstić information content (AvgIpc) is 3.13. The molecule has 0 saturated carbocycles. The molecule has 0 radical (unpaired) electrons. The molecule has 0 aliphatic carbocycles. The molecule has 27 heavy (non-hydrogen) atoms. The second-order valence-electron chi connectivity index (χ2n) is 6.42. The van der Waals surface area contributed by atoms with E-state index in [1.807, 2.05) is 44.0 Å². The zero-order valence-corrected chi connectivity index (χ0v) is 17.7. The molecule has 0 saturated heterocycles. The fourth-order valence-electron chi connectivity index (χ4n) is 2.80. The van der Waals surface area contributed by atoms with Crippen LogP contribution in [0.4, 0.5) is 10.1 Å². The van der Waals surface area contributed by atoms with E-state index in [0.717, 1.165) is 17.7 Å². The van der Waals surface area contributed by atoms with Crippen LogP contribution in [0.2, 0.25) is 5.02 Å². The Hall–Kier alpha value is -1.92. The van der Waals surface area contributed by atoms with Crippen LogP contribution in [0.5, 0.6) is 0 Å². The largest absolute Gasteiger partial charge is 0.387 e. The van der Waals surface area contributed by atoms with E-state index in [2.05, 4.69) is 26.1 Å². The Kier molecular flexibility index (Phi) is 6.17. The van der Waals surface area contributed by atoms with Gasteiger partial charge in [-0.15, -0.1) is 0 Å². The number of aryl methyl sites for hydroxylation is 1. The smallest absolute Gasteiger partial charge is 0.158 e. The van der Waals surface area contributed by atoms with Gasteiger partial charge in [0.05, 0.1) is 27.2 Å². The molecule has 0 spiro atoms. The van der Waals surface area contributed by atoms with Crippen molar-refractivity contribution in [2.75, 3.05) is 13.6 Å². The summed E-state index contributed by atoms with van der Waals surface area (Å²) in [5.41, 5.74) is 4.09. The zero-order chi connectivity index (χ0) is 19.6. The molecule has 1 aliphatic heterocycles. The first-order chi connectivity index (χ1) is 12.9. The molecule has 0 aromatic heterocycles. The number of benzene rings is 2. The molecule has 2 aromatic rings. The predicted octanol–water partition coefficient (Wildman–Crippen LogP) is 6.03. The molecule has 1 atom stereocenters. The van der Waals surface area contributed by atoms with Gasteiger partial charge in [0.2, 0.25) is 0 Å². The lowest BCUT2D eigenvalue weighted by Crippen LogP contribution is -2.14. The van der Waals surface area contributed by atoms with Crippen molar-refractivity contribution in [3.8, 4) is 0 Å². The van der Waals surface area contributed by atoms with Crippen LogP contribution in [0.3, 0.4) is 0 Å². The summed E-state index contributed by atoms with van der Waals surface area (Å²) in [7, 11) is 1.95. The lowest BCUT2D eigenvalue weighted by Gasteiger charge is -2.14. The van der Waals surface area contributed by atoms with Crippen LogP contribution in [0, 0.1) is 12.7 Å². The molecule has 0 fully saturated rings. The molecule has 0 N–H and O–H groups in total. The first kappa shape index (κ1) is 19.8. The molecule has 1 heterocycles. The van der Waals surface area contributed by atoms with Crippen LogP contribution in [0.25, 0.3) is 0 Å². The summed E-state index contributed by atoms with van der Waals surface area (Å²) in [6.07, 6.45) is 2.04. The van der Waals surface area contributed by atoms with Gasteiger partial charge in [0, 0.05) is 25.6 Å². The SMILES string of the molecule is CCN(C)/C=N\c1cc(C)c(C2CC(c3cccc(F)c3Br)=NO2)cc1Cl. The highest BCUT2D eigenvalue weighted by atomic mass is 79.9. The molecular formula is C20H20BrClFN3O. The maximum absolute atomic E-state index is 13.8. The normalized spacial score (nSPS) is 16.5. The second kappa shape index (κ2) is 8.40. The van der Waals surface area contributed by atoms with E-state index in [4.69, 9.17) is 16.4 Å². The van der Waals surface area contributed by atoms with E-state index in [0.29, 0.717) is 32.9 Å². The Morgan fingerprint density at radius 2 is 2.22 bits per heavy atom. The maximum Gasteiger partial charge on any atom is 0.158 e.